The van der Waals surface area contributed by atoms with E-state index in [2.05, 4.69) is 4.98 Å². The van der Waals surface area contributed by atoms with E-state index in [0.717, 1.165) is 16.9 Å². The maximum atomic E-state index is 12.9. The highest BCUT2D eigenvalue weighted by Gasteiger charge is 2.25. The van der Waals surface area contributed by atoms with E-state index >= 15 is 0 Å². The van der Waals surface area contributed by atoms with Crippen LogP contribution in [0, 0.1) is 10.1 Å². The molecule has 1 aliphatic heterocycles. The Balaban J connectivity index is 1.74. The molecule has 2 heterocycles. The highest BCUT2D eigenvalue weighted by atomic mass is 32.2. The Morgan fingerprint density at radius 1 is 1.25 bits per heavy atom. The first-order chi connectivity index (χ1) is 13.2. The number of aromatic nitrogens is 2. The minimum atomic E-state index is -3.66. The topological polar surface area (TPSA) is 102 Å². The third-order valence-corrected chi connectivity index (χ3v) is 5.72. The summed E-state index contributed by atoms with van der Waals surface area (Å²) in [6.07, 6.45) is 3.56. The van der Waals surface area contributed by atoms with Crippen molar-refractivity contribution in [2.24, 2.45) is 0 Å². The Morgan fingerprint density at radius 2 is 1.93 bits per heavy atom. The second-order valence-electron chi connectivity index (χ2n) is 6.47. The Hall–Kier alpha value is -2.60. The summed E-state index contributed by atoms with van der Waals surface area (Å²) >= 11 is 0. The third-order valence-electron chi connectivity index (χ3n) is 4.59. The molecule has 152 valence electrons. The average molecular weight is 415 g/mol. The van der Waals surface area contributed by atoms with Crippen molar-refractivity contribution in [3.63, 3.8) is 0 Å². The number of imidazole rings is 1. The van der Waals surface area contributed by atoms with Crippen molar-refractivity contribution in [1.82, 2.24) is 14.5 Å². The molecule has 28 heavy (non-hydrogen) atoms. The van der Waals surface area contributed by atoms with Crippen molar-refractivity contribution in [1.29, 1.82) is 0 Å². The van der Waals surface area contributed by atoms with Crippen molar-refractivity contribution < 1.29 is 22.1 Å². The van der Waals surface area contributed by atoms with Gasteiger partial charge in [0.25, 0.3) is 5.69 Å². The van der Waals surface area contributed by atoms with Crippen LogP contribution in [-0.2, 0) is 16.4 Å². The van der Waals surface area contributed by atoms with Crippen LogP contribution >= 0.6 is 0 Å². The number of non-ortho nitro benzene ring substituents is 1. The van der Waals surface area contributed by atoms with E-state index in [4.69, 9.17) is 0 Å². The number of benzene rings is 1. The van der Waals surface area contributed by atoms with Crippen molar-refractivity contribution in [3.05, 3.63) is 46.5 Å². The first-order valence-corrected chi connectivity index (χ1v) is 10.3. The Morgan fingerprint density at radius 3 is 2.50 bits per heavy atom. The lowest BCUT2D eigenvalue weighted by Crippen LogP contribution is -2.46. The Bertz CT molecular complexity index is 971. The molecular formula is C16H19F2N5O4S. The molecule has 12 heteroatoms. The molecule has 0 N–H and O–H groups in total. The number of alkyl halides is 2. The lowest BCUT2D eigenvalue weighted by Gasteiger charge is -2.36. The number of nitro benzene ring substituents is 1. The predicted octanol–water partition coefficient (Wildman–Crippen LogP) is 1.91. The van der Waals surface area contributed by atoms with Gasteiger partial charge in [0.05, 0.1) is 22.1 Å². The van der Waals surface area contributed by atoms with Crippen LogP contribution in [0.25, 0.3) is 0 Å². The zero-order valence-electron chi connectivity index (χ0n) is 15.0. The summed E-state index contributed by atoms with van der Waals surface area (Å²) in [6, 6.07) is 3.78. The summed E-state index contributed by atoms with van der Waals surface area (Å²) in [5.41, 5.74) is 0.114. The molecule has 3 rings (SSSR count). The van der Waals surface area contributed by atoms with Gasteiger partial charge in [-0.15, -0.1) is 0 Å². The number of hydrogen-bond donors (Lipinski definition) is 0. The van der Waals surface area contributed by atoms with Gasteiger partial charge in [0.1, 0.15) is 5.82 Å². The maximum absolute atomic E-state index is 12.9. The van der Waals surface area contributed by atoms with Gasteiger partial charge in [0, 0.05) is 57.0 Å². The van der Waals surface area contributed by atoms with E-state index in [1.165, 1.54) is 24.5 Å². The van der Waals surface area contributed by atoms with Gasteiger partial charge in [0.15, 0.2) is 9.84 Å². The largest absolute Gasteiger partial charge is 0.368 e. The first kappa shape index (κ1) is 20.1. The third kappa shape index (κ3) is 4.28. The summed E-state index contributed by atoms with van der Waals surface area (Å²) in [4.78, 5) is 18.0. The summed E-state index contributed by atoms with van der Waals surface area (Å²) < 4.78 is 50.9. The summed E-state index contributed by atoms with van der Waals surface area (Å²) in [5.74, 6) is 0.260. The number of halogens is 2. The van der Waals surface area contributed by atoms with Gasteiger partial charge >= 0.3 is 6.55 Å². The van der Waals surface area contributed by atoms with Gasteiger partial charge < -0.3 is 4.90 Å². The second-order valence-corrected chi connectivity index (χ2v) is 8.46. The molecule has 0 spiro atoms. The number of rotatable bonds is 6. The number of anilines is 1. The molecule has 0 saturated carbocycles. The van der Waals surface area contributed by atoms with Gasteiger partial charge in [-0.2, -0.15) is 8.78 Å². The molecule has 1 saturated heterocycles. The molecule has 0 atom stereocenters. The number of hydrogen-bond acceptors (Lipinski definition) is 7. The van der Waals surface area contributed by atoms with Gasteiger partial charge in [-0.1, -0.05) is 0 Å². The van der Waals surface area contributed by atoms with Crippen molar-refractivity contribution in [3.8, 4) is 0 Å². The zero-order valence-corrected chi connectivity index (χ0v) is 15.8. The van der Waals surface area contributed by atoms with E-state index in [-0.39, 0.29) is 23.0 Å². The fraction of sp³-hybridized carbons (Fsp3) is 0.438. The number of nitro groups is 1. The molecular weight excluding hydrogens is 396 g/mol. The normalized spacial score (nSPS) is 15.9. The summed E-state index contributed by atoms with van der Waals surface area (Å²) in [5, 5.41) is 11.0. The van der Waals surface area contributed by atoms with Crippen molar-refractivity contribution in [2.75, 3.05) is 37.3 Å². The van der Waals surface area contributed by atoms with Crippen molar-refractivity contribution >= 4 is 21.2 Å². The summed E-state index contributed by atoms with van der Waals surface area (Å²) in [7, 11) is -3.66. The number of sulfone groups is 1. The van der Waals surface area contributed by atoms with E-state index in [9.17, 15) is 27.3 Å². The fourth-order valence-corrected chi connectivity index (χ4v) is 4.08. The molecule has 0 bridgehead atoms. The Labute approximate surface area is 160 Å². The molecule has 2 aromatic rings. The van der Waals surface area contributed by atoms with Gasteiger partial charge in [0.2, 0.25) is 0 Å². The van der Waals surface area contributed by atoms with Crippen LogP contribution in [0.2, 0.25) is 0 Å². The maximum Gasteiger partial charge on any atom is 0.319 e. The molecule has 1 aromatic carbocycles. The number of piperazine rings is 1. The van der Waals surface area contributed by atoms with E-state index in [1.54, 1.807) is 0 Å². The van der Waals surface area contributed by atoms with Crippen LogP contribution in [0.5, 0.6) is 0 Å². The highest BCUT2D eigenvalue weighted by Crippen LogP contribution is 2.30. The molecule has 0 unspecified atom stereocenters. The van der Waals surface area contributed by atoms with E-state index < -0.39 is 21.3 Å². The van der Waals surface area contributed by atoms with Crippen LogP contribution in [0.1, 0.15) is 12.4 Å². The van der Waals surface area contributed by atoms with Crippen LogP contribution in [0.15, 0.2) is 35.5 Å². The van der Waals surface area contributed by atoms with Gasteiger partial charge in [-0.3, -0.25) is 19.6 Å². The lowest BCUT2D eigenvalue weighted by atomic mass is 10.2. The fourth-order valence-electron chi connectivity index (χ4n) is 3.17. The SMILES string of the molecule is CS(=O)(=O)c1cc([N+](=O)[O-])ccc1N1CCN(Cc2nccn2C(F)F)CC1. The van der Waals surface area contributed by atoms with Crippen LogP contribution in [0.3, 0.4) is 0 Å². The highest BCUT2D eigenvalue weighted by molar-refractivity contribution is 7.90. The van der Waals surface area contributed by atoms with E-state index in [1.807, 2.05) is 9.80 Å². The lowest BCUT2D eigenvalue weighted by molar-refractivity contribution is -0.385. The molecule has 1 aromatic heterocycles. The van der Waals surface area contributed by atoms with Crippen molar-refractivity contribution in [2.45, 2.75) is 18.0 Å². The van der Waals surface area contributed by atoms with Crippen LogP contribution in [0.4, 0.5) is 20.2 Å². The first-order valence-electron chi connectivity index (χ1n) is 8.42. The molecule has 0 amide bonds. The quantitative estimate of drug-likeness (QED) is 0.525. The second kappa shape index (κ2) is 7.80. The Kier molecular flexibility index (Phi) is 5.61. The van der Waals surface area contributed by atoms with Gasteiger partial charge in [-0.05, 0) is 6.07 Å². The number of nitrogens with zero attached hydrogens (tertiary/aromatic N) is 5. The summed E-state index contributed by atoms with van der Waals surface area (Å²) in [6.45, 7) is -0.473. The molecule has 1 fully saturated rings. The van der Waals surface area contributed by atoms with Crippen LogP contribution in [-0.4, -0.2) is 60.2 Å². The standard InChI is InChI=1S/C16H19F2N5O4S/c1-28(26,27)14-10-12(23(24)25)2-3-13(14)21-8-6-20(7-9-21)11-15-19-4-5-22(15)16(17)18/h2-5,10,16H,6-9,11H2,1H3. The molecule has 0 radical (unpaired) electrons. The molecule has 9 nitrogen and oxygen atoms in total. The minimum Gasteiger partial charge on any atom is -0.368 e. The average Bonchev–Trinajstić information content (AvgIpc) is 3.09. The minimum absolute atomic E-state index is 0.0941. The molecule has 1 aliphatic rings. The van der Waals surface area contributed by atoms with Gasteiger partial charge in [-0.25, -0.2) is 13.4 Å². The zero-order chi connectivity index (χ0) is 20.5. The molecule has 0 aliphatic carbocycles. The smallest absolute Gasteiger partial charge is 0.319 e. The monoisotopic (exact) mass is 415 g/mol. The van der Waals surface area contributed by atoms with E-state index in [0.29, 0.717) is 31.9 Å². The predicted molar refractivity (Wildman–Crippen MR) is 97.2 cm³/mol. The van der Waals surface area contributed by atoms with Crippen LogP contribution < -0.4 is 4.90 Å².